The van der Waals surface area contributed by atoms with Gasteiger partial charge in [0.05, 0.1) is 0 Å². The molecule has 2 atom stereocenters. The van der Waals surface area contributed by atoms with Crippen LogP contribution in [0, 0.1) is 11.8 Å². The first-order chi connectivity index (χ1) is 11.6. The van der Waals surface area contributed by atoms with Crippen molar-refractivity contribution in [1.82, 2.24) is 0 Å². The number of rotatable bonds is 6. The van der Waals surface area contributed by atoms with Gasteiger partial charge in [-0.1, -0.05) is 74.5 Å². The molecule has 2 unspecified atom stereocenters. The van der Waals surface area contributed by atoms with Crippen molar-refractivity contribution in [3.63, 3.8) is 0 Å². The first kappa shape index (κ1) is 15.6. The van der Waals surface area contributed by atoms with E-state index >= 15 is 0 Å². The van der Waals surface area contributed by atoms with E-state index in [1.54, 1.807) is 0 Å². The zero-order valence-corrected chi connectivity index (χ0v) is 14.7. The maximum atomic E-state index is 13.4. The summed E-state index contributed by atoms with van der Waals surface area (Å²) >= 11 is 0. The van der Waals surface area contributed by atoms with Crippen LogP contribution in [-0.2, 0) is 15.6 Å². The topological polar surface area (TPSA) is 17.1 Å². The fourth-order valence-electron chi connectivity index (χ4n) is 4.67. The maximum absolute atomic E-state index is 13.4. The highest BCUT2D eigenvalue weighted by atomic mass is 16.1. The second-order valence-corrected chi connectivity index (χ2v) is 7.89. The van der Waals surface area contributed by atoms with Crippen molar-refractivity contribution < 1.29 is 4.79 Å². The minimum Gasteiger partial charge on any atom is -0.299 e. The lowest BCUT2D eigenvalue weighted by molar-refractivity contribution is -0.127. The van der Waals surface area contributed by atoms with E-state index in [0.717, 1.165) is 25.7 Å². The summed E-state index contributed by atoms with van der Waals surface area (Å²) in [6, 6.07) is 21.3. The largest absolute Gasteiger partial charge is 0.299 e. The third-order valence-corrected chi connectivity index (χ3v) is 6.79. The molecule has 2 fully saturated rings. The lowest BCUT2D eigenvalue weighted by atomic mass is 9.72. The number of carbonyl (C=O) groups excluding carboxylic acids is 1. The lowest BCUT2D eigenvalue weighted by Gasteiger charge is -2.30. The molecule has 0 saturated heterocycles. The summed E-state index contributed by atoms with van der Waals surface area (Å²) in [4.78, 5) is 13.4. The summed E-state index contributed by atoms with van der Waals surface area (Å²) in [5, 5.41) is 0. The fourth-order valence-corrected chi connectivity index (χ4v) is 4.67. The molecule has 124 valence electrons. The number of Topliss-reactive ketones (excluding diaryl/α,β-unsaturated/α-hetero) is 1. The Morgan fingerprint density at radius 2 is 1.04 bits per heavy atom. The molecule has 0 radical (unpaired) electrons. The lowest BCUT2D eigenvalue weighted by Crippen LogP contribution is -2.35. The van der Waals surface area contributed by atoms with Crippen molar-refractivity contribution in [2.24, 2.45) is 11.8 Å². The van der Waals surface area contributed by atoms with Gasteiger partial charge >= 0.3 is 0 Å². The van der Waals surface area contributed by atoms with Crippen molar-refractivity contribution in [3.05, 3.63) is 71.8 Å². The first-order valence-electron chi connectivity index (χ1n) is 9.25. The van der Waals surface area contributed by atoms with Gasteiger partial charge in [0.1, 0.15) is 5.78 Å². The summed E-state index contributed by atoms with van der Waals surface area (Å²) in [5.74, 6) is 0.671. The molecule has 0 amide bonds. The molecule has 0 N–H and O–H groups in total. The Kier molecular flexibility index (Phi) is 3.63. The van der Waals surface area contributed by atoms with E-state index in [4.69, 9.17) is 0 Å². The Balaban J connectivity index is 1.58. The number of hydrogen-bond acceptors (Lipinski definition) is 1. The Labute approximate surface area is 145 Å². The van der Waals surface area contributed by atoms with Crippen molar-refractivity contribution in [2.75, 3.05) is 0 Å². The molecule has 1 heteroatoms. The van der Waals surface area contributed by atoms with Crippen LogP contribution >= 0.6 is 0 Å². The zero-order valence-electron chi connectivity index (χ0n) is 14.7. The normalized spacial score (nSPS) is 22.4. The molecule has 0 bridgehead atoms. The van der Waals surface area contributed by atoms with Gasteiger partial charge < -0.3 is 0 Å². The highest BCUT2D eigenvalue weighted by Crippen LogP contribution is 2.58. The van der Waals surface area contributed by atoms with Gasteiger partial charge in [-0.2, -0.15) is 0 Å². The van der Waals surface area contributed by atoms with Crippen LogP contribution in [-0.4, -0.2) is 5.78 Å². The molecule has 2 aliphatic carbocycles. The van der Waals surface area contributed by atoms with Gasteiger partial charge in [0, 0.05) is 22.7 Å². The molecule has 4 rings (SSSR count). The van der Waals surface area contributed by atoms with E-state index in [9.17, 15) is 4.79 Å². The number of ketones is 1. The fraction of sp³-hybridized carbons (Fsp3) is 0.435. The molecule has 0 heterocycles. The van der Waals surface area contributed by atoms with Crippen molar-refractivity contribution >= 4 is 5.78 Å². The van der Waals surface area contributed by atoms with Gasteiger partial charge in [-0.15, -0.1) is 0 Å². The zero-order chi connectivity index (χ0) is 16.8. The van der Waals surface area contributed by atoms with Crippen molar-refractivity contribution in [2.45, 2.75) is 50.4 Å². The highest BCUT2D eigenvalue weighted by Gasteiger charge is 2.57. The second-order valence-electron chi connectivity index (χ2n) is 7.89. The number of carbonyl (C=O) groups is 1. The second kappa shape index (κ2) is 5.58. The van der Waals surface area contributed by atoms with E-state index < -0.39 is 0 Å². The van der Waals surface area contributed by atoms with E-state index in [0.29, 0.717) is 5.78 Å². The van der Waals surface area contributed by atoms with Crippen LogP contribution in [0.5, 0.6) is 0 Å². The predicted molar refractivity (Wildman–Crippen MR) is 98.0 cm³/mol. The quantitative estimate of drug-likeness (QED) is 0.707. The van der Waals surface area contributed by atoms with Crippen LogP contribution < -0.4 is 0 Å². The van der Waals surface area contributed by atoms with Gasteiger partial charge in [0.25, 0.3) is 0 Å². The molecule has 2 aromatic carbocycles. The summed E-state index contributed by atoms with van der Waals surface area (Å²) in [7, 11) is 0. The van der Waals surface area contributed by atoms with Crippen LogP contribution in [0.2, 0.25) is 0 Å². The Hall–Kier alpha value is -1.89. The Morgan fingerprint density at radius 3 is 1.33 bits per heavy atom. The average molecular weight is 318 g/mol. The van der Waals surface area contributed by atoms with Crippen LogP contribution in [0.25, 0.3) is 0 Å². The van der Waals surface area contributed by atoms with Crippen LogP contribution in [0.4, 0.5) is 0 Å². The van der Waals surface area contributed by atoms with Gasteiger partial charge in [-0.25, -0.2) is 0 Å². The molecule has 2 aromatic rings. The van der Waals surface area contributed by atoms with Gasteiger partial charge in [0.2, 0.25) is 0 Å². The smallest absolute Gasteiger partial charge is 0.140 e. The average Bonchev–Trinajstić information content (AvgIpc) is 3.55. The molecule has 2 saturated carbocycles. The molecular weight excluding hydrogens is 292 g/mol. The molecule has 0 spiro atoms. The predicted octanol–water partition coefficient (Wildman–Crippen LogP) is 5.29. The Morgan fingerprint density at radius 1 is 0.708 bits per heavy atom. The standard InChI is InChI=1S/C23H26O/c1-17(22(13-14-22)19-9-5-3-6-10-19)21(24)18(2)23(15-16-23)20-11-7-4-8-12-20/h3-12,17-18H,13-16H2,1-2H3. The van der Waals surface area contributed by atoms with Crippen LogP contribution in [0.3, 0.4) is 0 Å². The maximum Gasteiger partial charge on any atom is 0.140 e. The molecule has 0 aliphatic heterocycles. The number of benzene rings is 2. The van der Waals surface area contributed by atoms with Gasteiger partial charge in [-0.3, -0.25) is 4.79 Å². The molecule has 0 aromatic heterocycles. The van der Waals surface area contributed by atoms with Crippen molar-refractivity contribution in [1.29, 1.82) is 0 Å². The van der Waals surface area contributed by atoms with Gasteiger partial charge in [-0.05, 0) is 36.8 Å². The van der Waals surface area contributed by atoms with E-state index in [-0.39, 0.29) is 22.7 Å². The van der Waals surface area contributed by atoms with Crippen LogP contribution in [0.15, 0.2) is 60.7 Å². The monoisotopic (exact) mass is 318 g/mol. The van der Waals surface area contributed by atoms with Crippen LogP contribution in [0.1, 0.15) is 50.7 Å². The van der Waals surface area contributed by atoms with Gasteiger partial charge in [0.15, 0.2) is 0 Å². The third-order valence-electron chi connectivity index (χ3n) is 6.79. The molecule has 2 aliphatic rings. The summed E-state index contributed by atoms with van der Waals surface area (Å²) < 4.78 is 0. The van der Waals surface area contributed by atoms with Crippen molar-refractivity contribution in [3.8, 4) is 0 Å². The van der Waals surface area contributed by atoms with E-state index in [1.165, 1.54) is 11.1 Å². The summed E-state index contributed by atoms with van der Waals surface area (Å²) in [6.07, 6.45) is 4.59. The molecular formula is C23H26O. The molecule has 1 nitrogen and oxygen atoms in total. The first-order valence-corrected chi connectivity index (χ1v) is 9.25. The Bertz CT molecular complexity index is 660. The van der Waals surface area contributed by atoms with E-state index in [1.807, 2.05) is 0 Å². The third kappa shape index (κ3) is 2.33. The highest BCUT2D eigenvalue weighted by molar-refractivity contribution is 5.87. The molecule has 24 heavy (non-hydrogen) atoms. The minimum absolute atomic E-state index is 0.0966. The SMILES string of the molecule is CC(C(=O)C(C)C1(c2ccccc2)CC1)C1(c2ccccc2)CC1. The summed E-state index contributed by atoms with van der Waals surface area (Å²) in [6.45, 7) is 4.33. The minimum atomic E-state index is 0.0966. The summed E-state index contributed by atoms with van der Waals surface area (Å²) in [5.41, 5.74) is 2.89. The number of hydrogen-bond donors (Lipinski definition) is 0. The van der Waals surface area contributed by atoms with E-state index in [2.05, 4.69) is 74.5 Å².